The number of anilines is 2. The van der Waals surface area contributed by atoms with E-state index in [1.54, 1.807) is 48.5 Å². The molecular weight excluding hydrogens is 400 g/mol. The van der Waals surface area contributed by atoms with Crippen molar-refractivity contribution in [2.24, 2.45) is 0 Å². The molecule has 0 aromatic heterocycles. The summed E-state index contributed by atoms with van der Waals surface area (Å²) in [5, 5.41) is 3.73. The number of aryl methyl sites for hydroxylation is 1. The van der Waals surface area contributed by atoms with Gasteiger partial charge in [-0.15, -0.1) is 0 Å². The fourth-order valence-electron chi connectivity index (χ4n) is 3.41. The van der Waals surface area contributed by atoms with Crippen molar-refractivity contribution in [3.8, 4) is 5.75 Å². The molecule has 1 aliphatic heterocycles. The summed E-state index contributed by atoms with van der Waals surface area (Å²) < 4.78 is 5.38. The van der Waals surface area contributed by atoms with Gasteiger partial charge in [-0.25, -0.2) is 4.90 Å². The van der Waals surface area contributed by atoms with Crippen molar-refractivity contribution in [3.63, 3.8) is 0 Å². The van der Waals surface area contributed by atoms with E-state index in [0.717, 1.165) is 16.2 Å². The summed E-state index contributed by atoms with van der Waals surface area (Å²) >= 11 is 6.02. The van der Waals surface area contributed by atoms with E-state index in [-0.39, 0.29) is 11.3 Å². The highest BCUT2D eigenvalue weighted by molar-refractivity contribution is 6.46. The number of nitrogens with one attached hydrogen (secondary N) is 1. The van der Waals surface area contributed by atoms with Crippen LogP contribution in [0.25, 0.3) is 5.57 Å². The monoisotopic (exact) mass is 418 g/mol. The predicted molar refractivity (Wildman–Crippen MR) is 119 cm³/mol. The first-order chi connectivity index (χ1) is 14.5. The van der Waals surface area contributed by atoms with Crippen LogP contribution in [-0.4, -0.2) is 18.9 Å². The van der Waals surface area contributed by atoms with Gasteiger partial charge in [0.2, 0.25) is 0 Å². The van der Waals surface area contributed by atoms with E-state index in [2.05, 4.69) is 5.32 Å². The molecule has 6 heteroatoms. The fourth-order valence-corrected chi connectivity index (χ4v) is 3.54. The average Bonchev–Trinajstić information content (AvgIpc) is 3.00. The van der Waals surface area contributed by atoms with E-state index >= 15 is 0 Å². The SMILES string of the molecule is COc1ccccc1N1C(=O)C(Nc2ccccc2C)=C(c2ccc(Cl)cc2)C1=O. The van der Waals surface area contributed by atoms with E-state index in [4.69, 9.17) is 16.3 Å². The molecule has 0 saturated carbocycles. The molecule has 2 amide bonds. The van der Waals surface area contributed by atoms with Gasteiger partial charge >= 0.3 is 0 Å². The number of para-hydroxylation sites is 3. The minimum absolute atomic E-state index is 0.211. The number of hydrogen-bond acceptors (Lipinski definition) is 4. The summed E-state index contributed by atoms with van der Waals surface area (Å²) in [6.45, 7) is 1.93. The van der Waals surface area contributed by atoms with Gasteiger partial charge in [-0.1, -0.05) is 54.1 Å². The molecule has 0 fully saturated rings. The van der Waals surface area contributed by atoms with Gasteiger partial charge in [0.05, 0.1) is 18.4 Å². The molecule has 3 aromatic carbocycles. The largest absolute Gasteiger partial charge is 0.495 e. The number of amides is 2. The van der Waals surface area contributed by atoms with Crippen LogP contribution in [-0.2, 0) is 9.59 Å². The van der Waals surface area contributed by atoms with Gasteiger partial charge in [-0.05, 0) is 48.4 Å². The van der Waals surface area contributed by atoms with Crippen molar-refractivity contribution < 1.29 is 14.3 Å². The summed E-state index contributed by atoms with van der Waals surface area (Å²) in [6, 6.07) is 21.4. The minimum atomic E-state index is -0.447. The zero-order chi connectivity index (χ0) is 21.3. The third-order valence-electron chi connectivity index (χ3n) is 4.95. The molecule has 1 heterocycles. The Balaban J connectivity index is 1.86. The molecular formula is C24H19ClN2O3. The van der Waals surface area contributed by atoms with Crippen LogP contribution in [0.2, 0.25) is 5.02 Å². The first kappa shape index (κ1) is 19.7. The summed E-state index contributed by atoms with van der Waals surface area (Å²) in [6.07, 6.45) is 0. The number of halogens is 1. The highest BCUT2D eigenvalue weighted by Crippen LogP contribution is 2.38. The van der Waals surface area contributed by atoms with E-state index < -0.39 is 11.8 Å². The third kappa shape index (κ3) is 3.44. The van der Waals surface area contributed by atoms with Crippen LogP contribution in [0, 0.1) is 6.92 Å². The second-order valence-corrected chi connectivity index (χ2v) is 7.25. The number of nitrogens with zero attached hydrogens (tertiary/aromatic N) is 1. The van der Waals surface area contributed by atoms with Crippen LogP contribution in [0.5, 0.6) is 5.75 Å². The van der Waals surface area contributed by atoms with Crippen LogP contribution in [0.4, 0.5) is 11.4 Å². The normalized spacial score (nSPS) is 13.8. The Morgan fingerprint density at radius 1 is 0.867 bits per heavy atom. The molecule has 0 unspecified atom stereocenters. The van der Waals surface area contributed by atoms with Gasteiger partial charge in [0.25, 0.3) is 11.8 Å². The molecule has 1 aliphatic rings. The van der Waals surface area contributed by atoms with Gasteiger partial charge in [0.15, 0.2) is 0 Å². The lowest BCUT2D eigenvalue weighted by atomic mass is 10.0. The zero-order valence-electron chi connectivity index (χ0n) is 16.5. The minimum Gasteiger partial charge on any atom is -0.495 e. The first-order valence-corrected chi connectivity index (χ1v) is 9.73. The van der Waals surface area contributed by atoms with Crippen molar-refractivity contribution >= 4 is 40.4 Å². The molecule has 0 saturated heterocycles. The number of rotatable bonds is 5. The molecule has 0 aliphatic carbocycles. The van der Waals surface area contributed by atoms with Crippen molar-refractivity contribution in [2.75, 3.05) is 17.3 Å². The Labute approximate surface area is 179 Å². The van der Waals surface area contributed by atoms with Crippen molar-refractivity contribution in [1.82, 2.24) is 0 Å². The van der Waals surface area contributed by atoms with Gasteiger partial charge in [-0.3, -0.25) is 9.59 Å². The first-order valence-electron chi connectivity index (χ1n) is 9.36. The maximum absolute atomic E-state index is 13.5. The Bertz CT molecular complexity index is 1170. The van der Waals surface area contributed by atoms with Crippen molar-refractivity contribution in [1.29, 1.82) is 0 Å². The van der Waals surface area contributed by atoms with Crippen LogP contribution in [0.1, 0.15) is 11.1 Å². The van der Waals surface area contributed by atoms with E-state index in [1.165, 1.54) is 7.11 Å². The summed E-state index contributed by atoms with van der Waals surface area (Å²) in [5.74, 6) is -0.438. The number of ether oxygens (including phenoxy) is 1. The average molecular weight is 419 g/mol. The lowest BCUT2D eigenvalue weighted by Gasteiger charge is -2.18. The van der Waals surface area contributed by atoms with Crippen LogP contribution < -0.4 is 15.0 Å². The highest BCUT2D eigenvalue weighted by Gasteiger charge is 2.41. The molecule has 0 spiro atoms. The molecule has 30 heavy (non-hydrogen) atoms. The molecule has 1 N–H and O–H groups in total. The molecule has 5 nitrogen and oxygen atoms in total. The molecule has 0 atom stereocenters. The highest BCUT2D eigenvalue weighted by atomic mass is 35.5. The van der Waals surface area contributed by atoms with E-state index in [1.807, 2.05) is 31.2 Å². The Hall–Kier alpha value is -3.57. The third-order valence-corrected chi connectivity index (χ3v) is 5.20. The number of carbonyl (C=O) groups excluding carboxylic acids is 2. The molecule has 0 bridgehead atoms. The van der Waals surface area contributed by atoms with Crippen LogP contribution >= 0.6 is 11.6 Å². The molecule has 3 aromatic rings. The van der Waals surface area contributed by atoms with Gasteiger partial charge in [0.1, 0.15) is 11.4 Å². The van der Waals surface area contributed by atoms with E-state index in [0.29, 0.717) is 22.0 Å². The van der Waals surface area contributed by atoms with Crippen LogP contribution in [0.3, 0.4) is 0 Å². The predicted octanol–water partition coefficient (Wildman–Crippen LogP) is 5.05. The van der Waals surface area contributed by atoms with Gasteiger partial charge in [-0.2, -0.15) is 0 Å². The second kappa shape index (κ2) is 8.05. The van der Waals surface area contributed by atoms with Crippen molar-refractivity contribution in [3.05, 3.63) is 94.6 Å². The number of carbonyl (C=O) groups is 2. The van der Waals surface area contributed by atoms with Gasteiger partial charge < -0.3 is 10.1 Å². The lowest BCUT2D eigenvalue weighted by molar-refractivity contribution is -0.120. The van der Waals surface area contributed by atoms with E-state index in [9.17, 15) is 9.59 Å². The maximum Gasteiger partial charge on any atom is 0.282 e. The Morgan fingerprint density at radius 3 is 2.23 bits per heavy atom. The standard InChI is InChI=1S/C24H19ClN2O3/c1-15-7-3-4-8-18(15)26-22-21(16-11-13-17(25)14-12-16)23(28)27(24(22)29)19-9-5-6-10-20(19)30-2/h3-14,26H,1-2H3. The lowest BCUT2D eigenvalue weighted by Crippen LogP contribution is -2.32. The summed E-state index contributed by atoms with van der Waals surface area (Å²) in [5.41, 5.74) is 3.20. The molecule has 4 rings (SSSR count). The number of imide groups is 1. The second-order valence-electron chi connectivity index (χ2n) is 6.81. The molecule has 150 valence electrons. The van der Waals surface area contributed by atoms with Gasteiger partial charge in [0, 0.05) is 10.7 Å². The summed E-state index contributed by atoms with van der Waals surface area (Å²) in [4.78, 5) is 28.1. The molecule has 0 radical (unpaired) electrons. The quantitative estimate of drug-likeness (QED) is 0.589. The number of hydrogen-bond donors (Lipinski definition) is 1. The maximum atomic E-state index is 13.5. The topological polar surface area (TPSA) is 58.6 Å². The summed E-state index contributed by atoms with van der Waals surface area (Å²) in [7, 11) is 1.50. The number of methoxy groups -OCH3 is 1. The van der Waals surface area contributed by atoms with Crippen molar-refractivity contribution in [2.45, 2.75) is 6.92 Å². The smallest absolute Gasteiger partial charge is 0.282 e. The van der Waals surface area contributed by atoms with Crippen LogP contribution in [0.15, 0.2) is 78.5 Å². The Kier molecular flexibility index (Phi) is 5.29. The fraction of sp³-hybridized carbons (Fsp3) is 0.0833. The Morgan fingerprint density at radius 2 is 1.53 bits per heavy atom. The zero-order valence-corrected chi connectivity index (χ0v) is 17.2. The number of benzene rings is 3.